The third-order valence-corrected chi connectivity index (χ3v) is 4.56. The van der Waals surface area contributed by atoms with Gasteiger partial charge in [0, 0.05) is 22.6 Å². The monoisotopic (exact) mass is 308 g/mol. The molecule has 0 saturated carbocycles. The lowest BCUT2D eigenvalue weighted by Crippen LogP contribution is -2.08. The normalized spacial score (nSPS) is 14.7. The summed E-state index contributed by atoms with van der Waals surface area (Å²) in [5.41, 5.74) is 4.65. The molecule has 0 spiro atoms. The van der Waals surface area contributed by atoms with Gasteiger partial charge in [-0.05, 0) is 24.1 Å². The summed E-state index contributed by atoms with van der Waals surface area (Å²) in [7, 11) is 3.24. The number of Topliss-reactive ketones (excluding diaryl/α,β-unsaturated/α-hetero) is 1. The van der Waals surface area contributed by atoms with Gasteiger partial charge in [-0.1, -0.05) is 43.3 Å². The third kappa shape index (κ3) is 2.33. The Bertz CT molecular complexity index is 802. The maximum atomic E-state index is 12.8. The van der Waals surface area contributed by atoms with Gasteiger partial charge in [0.15, 0.2) is 17.3 Å². The van der Waals surface area contributed by atoms with Gasteiger partial charge < -0.3 is 9.47 Å². The number of para-hydroxylation sites is 1. The van der Waals surface area contributed by atoms with Gasteiger partial charge in [-0.2, -0.15) is 0 Å². The zero-order valence-electron chi connectivity index (χ0n) is 13.8. The second-order valence-electron chi connectivity index (χ2n) is 5.72. The molecule has 1 atom stereocenters. The molecular weight excluding hydrogens is 288 g/mol. The van der Waals surface area contributed by atoms with E-state index in [0.29, 0.717) is 11.5 Å². The van der Waals surface area contributed by atoms with Crippen molar-refractivity contribution >= 4 is 11.4 Å². The average Bonchev–Trinajstić information content (AvgIpc) is 2.85. The molecule has 0 heterocycles. The number of allylic oxidation sites excluding steroid dienone is 2. The summed E-state index contributed by atoms with van der Waals surface area (Å²) in [6, 6.07) is 13.5. The number of ketones is 1. The number of methoxy groups -OCH3 is 2. The Morgan fingerprint density at radius 1 is 0.913 bits per heavy atom. The molecule has 3 heteroatoms. The van der Waals surface area contributed by atoms with Crippen LogP contribution in [-0.4, -0.2) is 20.0 Å². The molecule has 1 aliphatic carbocycles. The van der Waals surface area contributed by atoms with Crippen LogP contribution in [0.5, 0.6) is 11.5 Å². The van der Waals surface area contributed by atoms with Crippen molar-refractivity contribution in [3.63, 3.8) is 0 Å². The molecule has 1 unspecified atom stereocenters. The molecule has 0 fully saturated rings. The molecule has 0 saturated heterocycles. The molecule has 2 aromatic carbocycles. The Morgan fingerprint density at radius 2 is 1.61 bits per heavy atom. The van der Waals surface area contributed by atoms with Crippen molar-refractivity contribution < 1.29 is 14.3 Å². The van der Waals surface area contributed by atoms with Gasteiger partial charge in [-0.3, -0.25) is 4.79 Å². The minimum absolute atomic E-state index is 0.0695. The van der Waals surface area contributed by atoms with Crippen molar-refractivity contribution in [1.29, 1.82) is 0 Å². The fraction of sp³-hybridized carbons (Fsp3) is 0.250. The van der Waals surface area contributed by atoms with Crippen LogP contribution in [0.4, 0.5) is 0 Å². The molecule has 3 rings (SSSR count). The minimum Gasteiger partial charge on any atom is -0.493 e. The number of hydrogen-bond donors (Lipinski definition) is 0. The number of rotatable bonds is 4. The Labute approximate surface area is 136 Å². The van der Waals surface area contributed by atoms with E-state index in [1.807, 2.05) is 56.3 Å². The highest BCUT2D eigenvalue weighted by Crippen LogP contribution is 2.44. The van der Waals surface area contributed by atoms with Crippen molar-refractivity contribution in [3.8, 4) is 11.5 Å². The largest absolute Gasteiger partial charge is 0.493 e. The molecule has 0 N–H and O–H groups in total. The van der Waals surface area contributed by atoms with Crippen molar-refractivity contribution in [3.05, 3.63) is 64.7 Å². The van der Waals surface area contributed by atoms with E-state index < -0.39 is 0 Å². The molecule has 118 valence electrons. The molecule has 1 aliphatic rings. The van der Waals surface area contributed by atoms with Crippen LogP contribution in [0.2, 0.25) is 0 Å². The molecule has 2 aromatic rings. The van der Waals surface area contributed by atoms with Crippen molar-refractivity contribution in [2.75, 3.05) is 14.2 Å². The first-order valence-corrected chi connectivity index (χ1v) is 7.65. The fourth-order valence-electron chi connectivity index (χ4n) is 3.40. The summed E-state index contributed by atoms with van der Waals surface area (Å²) in [4.78, 5) is 12.8. The van der Waals surface area contributed by atoms with Crippen molar-refractivity contribution in [2.24, 2.45) is 0 Å². The first-order valence-electron chi connectivity index (χ1n) is 7.65. The van der Waals surface area contributed by atoms with E-state index in [1.54, 1.807) is 14.2 Å². The smallest absolute Gasteiger partial charge is 0.190 e. The van der Waals surface area contributed by atoms with Crippen LogP contribution < -0.4 is 9.47 Å². The zero-order chi connectivity index (χ0) is 16.6. The van der Waals surface area contributed by atoms with Crippen LogP contribution in [-0.2, 0) is 0 Å². The van der Waals surface area contributed by atoms with Gasteiger partial charge in [0.1, 0.15) is 0 Å². The van der Waals surface area contributed by atoms with Crippen LogP contribution in [0.3, 0.4) is 0 Å². The summed E-state index contributed by atoms with van der Waals surface area (Å²) in [6.45, 7) is 4.06. The lowest BCUT2D eigenvalue weighted by molar-refractivity contribution is 0.103. The number of fused-ring (bicyclic) bond motifs is 1. The SMILES string of the molecule is COc1cccc(C(C)C2=C(C)c3ccccc3C2=O)c1OC. The summed E-state index contributed by atoms with van der Waals surface area (Å²) in [6.07, 6.45) is 0. The van der Waals surface area contributed by atoms with Crippen LogP contribution in [0.15, 0.2) is 48.0 Å². The third-order valence-electron chi connectivity index (χ3n) is 4.56. The first-order chi connectivity index (χ1) is 11.1. The highest BCUT2D eigenvalue weighted by Gasteiger charge is 2.32. The zero-order valence-corrected chi connectivity index (χ0v) is 13.8. The van der Waals surface area contributed by atoms with E-state index in [4.69, 9.17) is 9.47 Å². The summed E-state index contributed by atoms with van der Waals surface area (Å²) in [5.74, 6) is 1.40. The highest BCUT2D eigenvalue weighted by atomic mass is 16.5. The van der Waals surface area contributed by atoms with E-state index in [2.05, 4.69) is 0 Å². The summed E-state index contributed by atoms with van der Waals surface area (Å²) >= 11 is 0. The Hall–Kier alpha value is -2.55. The van der Waals surface area contributed by atoms with E-state index >= 15 is 0 Å². The van der Waals surface area contributed by atoms with Gasteiger partial charge in [0.25, 0.3) is 0 Å². The molecule has 0 amide bonds. The van der Waals surface area contributed by atoms with Crippen molar-refractivity contribution in [2.45, 2.75) is 19.8 Å². The number of ether oxygens (including phenoxy) is 2. The van der Waals surface area contributed by atoms with Crippen LogP contribution in [0, 0.1) is 0 Å². The van der Waals surface area contributed by atoms with Gasteiger partial charge in [-0.25, -0.2) is 0 Å². The molecule has 0 radical (unpaired) electrons. The average molecular weight is 308 g/mol. The Balaban J connectivity index is 2.11. The van der Waals surface area contributed by atoms with E-state index in [-0.39, 0.29) is 11.7 Å². The maximum absolute atomic E-state index is 12.8. The fourth-order valence-corrected chi connectivity index (χ4v) is 3.40. The van der Waals surface area contributed by atoms with Gasteiger partial charge >= 0.3 is 0 Å². The molecule has 23 heavy (non-hydrogen) atoms. The van der Waals surface area contributed by atoms with Crippen molar-refractivity contribution in [1.82, 2.24) is 0 Å². The van der Waals surface area contributed by atoms with Crippen LogP contribution >= 0.6 is 0 Å². The second kappa shape index (κ2) is 5.92. The number of carbonyl (C=O) groups excluding carboxylic acids is 1. The molecule has 0 bridgehead atoms. The quantitative estimate of drug-likeness (QED) is 0.835. The van der Waals surface area contributed by atoms with Gasteiger partial charge in [-0.15, -0.1) is 0 Å². The molecular formula is C20H20O3. The lowest BCUT2D eigenvalue weighted by atomic mass is 9.88. The minimum atomic E-state index is -0.0695. The molecule has 3 nitrogen and oxygen atoms in total. The van der Waals surface area contributed by atoms with E-state index in [1.165, 1.54) is 0 Å². The Morgan fingerprint density at radius 3 is 2.22 bits per heavy atom. The van der Waals surface area contributed by atoms with Crippen LogP contribution in [0.25, 0.3) is 5.57 Å². The maximum Gasteiger partial charge on any atom is 0.190 e. The van der Waals surface area contributed by atoms with Crippen LogP contribution in [0.1, 0.15) is 41.3 Å². The topological polar surface area (TPSA) is 35.5 Å². The lowest BCUT2D eigenvalue weighted by Gasteiger charge is -2.19. The molecule has 0 aromatic heterocycles. The predicted molar refractivity (Wildman–Crippen MR) is 91.3 cm³/mol. The van der Waals surface area contributed by atoms with Gasteiger partial charge in [0.05, 0.1) is 14.2 Å². The van der Waals surface area contributed by atoms with E-state index in [0.717, 1.165) is 27.8 Å². The van der Waals surface area contributed by atoms with E-state index in [9.17, 15) is 4.79 Å². The summed E-state index contributed by atoms with van der Waals surface area (Å²) < 4.78 is 10.9. The number of benzene rings is 2. The first kappa shape index (κ1) is 15.3. The standard InChI is InChI=1S/C20H20O3/c1-12-14-8-5-6-9-16(14)19(21)18(12)13(2)15-10-7-11-17(22-3)20(15)23-4/h5-11,13H,1-4H3. The number of carbonyl (C=O) groups is 1. The predicted octanol–water partition coefficient (Wildman–Crippen LogP) is 4.48. The number of hydrogen-bond acceptors (Lipinski definition) is 3. The van der Waals surface area contributed by atoms with Gasteiger partial charge in [0.2, 0.25) is 0 Å². The summed E-state index contributed by atoms with van der Waals surface area (Å²) in [5, 5.41) is 0. The second-order valence-corrected chi connectivity index (χ2v) is 5.72. The Kier molecular flexibility index (Phi) is 3.95. The molecule has 0 aliphatic heterocycles. The highest BCUT2D eigenvalue weighted by molar-refractivity contribution is 6.21.